The standard InChI is InChI=1S/C25H27F6N5O3S/c26-24(27,28)16-1-8-22(32-14-16)34-9-11-35(12-10-34)23(15-40)39-19-5-2-17(3-6-19)33-18-4-7-21(36(37)38)20(13-18)25(29,30)31/h1,4,7-8,13-15,17,19,23,33H,2-3,5-6,9-12H2. The lowest BCUT2D eigenvalue weighted by Gasteiger charge is -2.40. The van der Waals surface area contributed by atoms with E-state index in [1.54, 1.807) is 0 Å². The third kappa shape index (κ3) is 7.37. The number of aromatic nitrogens is 1. The van der Waals surface area contributed by atoms with Crippen molar-refractivity contribution in [3.63, 3.8) is 0 Å². The Morgan fingerprint density at radius 3 is 2.23 bits per heavy atom. The lowest BCUT2D eigenvalue weighted by Crippen LogP contribution is -2.52. The van der Waals surface area contributed by atoms with Crippen molar-refractivity contribution in [3.8, 4) is 0 Å². The number of thiocarbonyl (C=S) groups is 1. The maximum Gasteiger partial charge on any atom is 0.423 e. The normalized spacial score (nSPS) is 21.6. The van der Waals surface area contributed by atoms with Crippen molar-refractivity contribution in [1.29, 1.82) is 0 Å². The van der Waals surface area contributed by atoms with Gasteiger partial charge >= 0.3 is 12.4 Å². The van der Waals surface area contributed by atoms with Gasteiger partial charge in [-0.3, -0.25) is 15.0 Å². The molecule has 4 rings (SSSR count). The number of nitrogens with one attached hydrogen (secondary N) is 1. The van der Waals surface area contributed by atoms with E-state index < -0.39 is 40.3 Å². The summed E-state index contributed by atoms with van der Waals surface area (Å²) in [5.41, 5.74) is -2.91. The Morgan fingerprint density at radius 1 is 1.02 bits per heavy atom. The molecule has 1 aliphatic heterocycles. The highest BCUT2D eigenvalue weighted by molar-refractivity contribution is 7.79. The summed E-state index contributed by atoms with van der Waals surface area (Å²) in [4.78, 5) is 17.8. The minimum atomic E-state index is -4.85. The number of nitrogens with zero attached hydrogens (tertiary/aromatic N) is 4. The average Bonchev–Trinajstić information content (AvgIpc) is 2.92. The molecular formula is C25H27F6N5O3S. The zero-order valence-corrected chi connectivity index (χ0v) is 21.9. The molecule has 0 spiro atoms. The van der Waals surface area contributed by atoms with Crippen LogP contribution < -0.4 is 10.2 Å². The molecule has 1 saturated carbocycles. The van der Waals surface area contributed by atoms with Crippen LogP contribution in [0.2, 0.25) is 0 Å². The van der Waals surface area contributed by atoms with Crippen molar-refractivity contribution in [3.05, 3.63) is 57.8 Å². The maximum absolute atomic E-state index is 13.3. The van der Waals surface area contributed by atoms with Crippen molar-refractivity contribution < 1.29 is 36.0 Å². The number of alkyl halides is 6. The minimum Gasteiger partial charge on any atom is -0.382 e. The summed E-state index contributed by atoms with van der Waals surface area (Å²) in [5, 5.41) is 15.6. The Labute approximate surface area is 231 Å². The van der Waals surface area contributed by atoms with Gasteiger partial charge in [0.15, 0.2) is 0 Å². The molecule has 2 aromatic rings. The van der Waals surface area contributed by atoms with Crippen LogP contribution in [-0.4, -0.2) is 64.7 Å². The van der Waals surface area contributed by atoms with Crippen molar-refractivity contribution >= 4 is 34.8 Å². The fourth-order valence-electron chi connectivity index (χ4n) is 4.94. The van der Waals surface area contributed by atoms with Gasteiger partial charge < -0.3 is 15.0 Å². The van der Waals surface area contributed by atoms with Crippen molar-refractivity contribution in [2.75, 3.05) is 36.4 Å². The van der Waals surface area contributed by atoms with Crippen LogP contribution in [0.4, 0.5) is 43.5 Å². The van der Waals surface area contributed by atoms with Crippen LogP contribution in [0.25, 0.3) is 0 Å². The van der Waals surface area contributed by atoms with Gasteiger partial charge in [0.25, 0.3) is 5.69 Å². The first-order valence-corrected chi connectivity index (χ1v) is 13.1. The molecular weight excluding hydrogens is 564 g/mol. The Morgan fingerprint density at radius 2 is 1.70 bits per heavy atom. The molecule has 0 radical (unpaired) electrons. The van der Waals surface area contributed by atoms with Gasteiger partial charge in [0.2, 0.25) is 0 Å². The summed E-state index contributed by atoms with van der Waals surface area (Å²) in [6.45, 7) is 2.21. The van der Waals surface area contributed by atoms with E-state index in [2.05, 4.69) is 10.3 Å². The Balaban J connectivity index is 1.26. The van der Waals surface area contributed by atoms with Crippen LogP contribution in [0, 0.1) is 10.1 Å². The van der Waals surface area contributed by atoms with E-state index in [0.717, 1.165) is 24.4 Å². The first-order valence-electron chi connectivity index (χ1n) is 12.6. The van der Waals surface area contributed by atoms with Gasteiger partial charge in [0, 0.05) is 55.5 Å². The molecule has 0 amide bonds. The molecule has 1 aromatic heterocycles. The lowest BCUT2D eigenvalue weighted by molar-refractivity contribution is -0.388. The number of anilines is 2. The lowest BCUT2D eigenvalue weighted by atomic mass is 9.92. The van der Waals surface area contributed by atoms with Gasteiger partial charge in [-0.15, -0.1) is 0 Å². The second-order valence-corrected chi connectivity index (χ2v) is 9.97. The molecule has 1 N–H and O–H groups in total. The average molecular weight is 592 g/mol. The first kappa shape index (κ1) is 29.9. The molecule has 218 valence electrons. The van der Waals surface area contributed by atoms with Crippen LogP contribution in [0.5, 0.6) is 0 Å². The SMILES string of the molecule is O=[N+]([O-])c1ccc(NC2CCC(OC(C=S)N3CCN(c4ccc(C(F)(F)F)cn4)CC3)CC2)cc1C(F)(F)F. The van der Waals surface area contributed by atoms with E-state index in [0.29, 0.717) is 57.7 Å². The number of ether oxygens (including phenoxy) is 1. The number of benzene rings is 1. The molecule has 40 heavy (non-hydrogen) atoms. The van der Waals surface area contributed by atoms with Gasteiger partial charge in [-0.05, 0) is 49.9 Å². The van der Waals surface area contributed by atoms with E-state index >= 15 is 0 Å². The Kier molecular flexibility index (Phi) is 9.15. The zero-order chi connectivity index (χ0) is 29.1. The van der Waals surface area contributed by atoms with Crippen LogP contribution in [0.15, 0.2) is 36.5 Å². The van der Waals surface area contributed by atoms with Crippen LogP contribution in [0.1, 0.15) is 36.8 Å². The summed E-state index contributed by atoms with van der Waals surface area (Å²) < 4.78 is 84.5. The molecule has 1 saturated heterocycles. The second-order valence-electron chi connectivity index (χ2n) is 9.69. The number of nitro benzene ring substituents is 1. The summed E-state index contributed by atoms with van der Waals surface area (Å²) in [6, 6.07) is 5.16. The fourth-order valence-corrected chi connectivity index (χ4v) is 5.18. The molecule has 1 unspecified atom stereocenters. The number of hydrogen-bond donors (Lipinski definition) is 1. The summed E-state index contributed by atoms with van der Waals surface area (Å²) in [5.74, 6) is 0.466. The number of piperazine rings is 1. The van der Waals surface area contributed by atoms with E-state index in [4.69, 9.17) is 17.0 Å². The molecule has 8 nitrogen and oxygen atoms in total. The van der Waals surface area contributed by atoms with E-state index in [1.165, 1.54) is 17.5 Å². The monoisotopic (exact) mass is 591 g/mol. The molecule has 1 atom stereocenters. The smallest absolute Gasteiger partial charge is 0.382 e. The Hall–Kier alpha value is -3.04. The highest BCUT2D eigenvalue weighted by Gasteiger charge is 2.39. The molecule has 2 fully saturated rings. The van der Waals surface area contributed by atoms with Crippen LogP contribution in [-0.2, 0) is 17.1 Å². The number of halogens is 6. The van der Waals surface area contributed by atoms with Gasteiger partial charge in [-0.2, -0.15) is 26.3 Å². The maximum atomic E-state index is 13.3. The van der Waals surface area contributed by atoms with Gasteiger partial charge in [-0.25, -0.2) is 4.98 Å². The Bertz CT molecular complexity index is 1180. The molecule has 2 aliphatic rings. The fraction of sp³-hybridized carbons (Fsp3) is 0.520. The molecule has 1 aliphatic carbocycles. The van der Waals surface area contributed by atoms with E-state index in [-0.39, 0.29) is 17.8 Å². The predicted molar refractivity (Wildman–Crippen MR) is 139 cm³/mol. The number of pyridine rings is 1. The van der Waals surface area contributed by atoms with Gasteiger partial charge in [-0.1, -0.05) is 12.2 Å². The molecule has 0 bridgehead atoms. The van der Waals surface area contributed by atoms with E-state index in [1.807, 2.05) is 9.80 Å². The van der Waals surface area contributed by atoms with Crippen molar-refractivity contribution in [2.45, 2.75) is 56.4 Å². The topological polar surface area (TPSA) is 83.8 Å². The quantitative estimate of drug-likeness (QED) is 0.176. The largest absolute Gasteiger partial charge is 0.423 e. The van der Waals surface area contributed by atoms with Crippen molar-refractivity contribution in [2.24, 2.45) is 0 Å². The zero-order valence-electron chi connectivity index (χ0n) is 21.1. The molecule has 2 heterocycles. The number of rotatable bonds is 8. The number of hydrogen-bond acceptors (Lipinski definition) is 8. The predicted octanol–water partition coefficient (Wildman–Crippen LogP) is 5.92. The van der Waals surface area contributed by atoms with Crippen molar-refractivity contribution in [1.82, 2.24) is 9.88 Å². The third-order valence-corrected chi connectivity index (χ3v) is 7.30. The van der Waals surface area contributed by atoms with Gasteiger partial charge in [0.05, 0.1) is 16.6 Å². The number of nitro groups is 1. The summed E-state index contributed by atoms with van der Waals surface area (Å²) in [6.07, 6.45) is -6.47. The highest BCUT2D eigenvalue weighted by atomic mass is 32.1. The summed E-state index contributed by atoms with van der Waals surface area (Å²) in [7, 11) is 0. The highest BCUT2D eigenvalue weighted by Crippen LogP contribution is 2.38. The molecule has 15 heteroatoms. The summed E-state index contributed by atoms with van der Waals surface area (Å²) >= 11 is 5.20. The van der Waals surface area contributed by atoms with E-state index in [9.17, 15) is 36.5 Å². The first-order chi connectivity index (χ1) is 18.8. The third-order valence-electron chi connectivity index (χ3n) is 7.07. The van der Waals surface area contributed by atoms with Crippen LogP contribution in [0.3, 0.4) is 0 Å². The molecule has 1 aromatic carbocycles. The van der Waals surface area contributed by atoms with Crippen LogP contribution >= 0.6 is 12.2 Å². The van der Waals surface area contributed by atoms with Gasteiger partial charge in [0.1, 0.15) is 17.6 Å². The second kappa shape index (κ2) is 12.2. The minimum absolute atomic E-state index is 0.112.